The Balaban J connectivity index is -0.0000000450. The summed E-state index contributed by atoms with van der Waals surface area (Å²) >= 11 is -1.86. The molecule has 2 nitrogen and oxygen atoms in total. The predicted molar refractivity (Wildman–Crippen MR) is 21.3 cm³/mol. The first kappa shape index (κ1) is 15.7. The Hall–Kier alpha value is 1.21. The SMILES string of the molecule is CS(=O)[O-].[CH3-].[Y]. The van der Waals surface area contributed by atoms with E-state index < -0.39 is 11.1 Å². The quantitative estimate of drug-likeness (QED) is 0.390. The fourth-order valence-corrected chi connectivity index (χ4v) is 0. The first-order valence-corrected chi connectivity index (χ1v) is 2.22. The topological polar surface area (TPSA) is 40.1 Å². The van der Waals surface area contributed by atoms with Crippen LogP contribution in [0.15, 0.2) is 0 Å². The van der Waals surface area contributed by atoms with Crippen LogP contribution in [0.25, 0.3) is 0 Å². The molecule has 0 rings (SSSR count). The van der Waals surface area contributed by atoms with Crippen molar-refractivity contribution in [2.45, 2.75) is 0 Å². The van der Waals surface area contributed by atoms with Gasteiger partial charge in [0, 0.05) is 32.7 Å². The van der Waals surface area contributed by atoms with E-state index in [0.29, 0.717) is 0 Å². The molecule has 0 aliphatic carbocycles. The minimum absolute atomic E-state index is 0. The van der Waals surface area contributed by atoms with Crippen molar-refractivity contribution in [3.63, 3.8) is 0 Å². The molecule has 0 aliphatic heterocycles. The average molecular weight is 183 g/mol. The van der Waals surface area contributed by atoms with Gasteiger partial charge in [0.15, 0.2) is 0 Å². The van der Waals surface area contributed by atoms with Crippen LogP contribution in [0.2, 0.25) is 0 Å². The number of hydrogen-bond donors (Lipinski definition) is 0. The van der Waals surface area contributed by atoms with Crippen molar-refractivity contribution in [3.05, 3.63) is 7.43 Å². The molecule has 1 unspecified atom stereocenters. The summed E-state index contributed by atoms with van der Waals surface area (Å²) in [7, 11) is 0. The van der Waals surface area contributed by atoms with Crippen LogP contribution in [-0.2, 0) is 43.8 Å². The van der Waals surface area contributed by atoms with Crippen LogP contribution in [0.5, 0.6) is 0 Å². The zero-order valence-electron chi connectivity index (χ0n) is 3.80. The number of rotatable bonds is 0. The van der Waals surface area contributed by atoms with Gasteiger partial charge in [-0.1, -0.05) is 11.1 Å². The molecule has 4 heteroatoms. The second-order valence-corrected chi connectivity index (χ2v) is 1.20. The van der Waals surface area contributed by atoms with Gasteiger partial charge in [-0.15, -0.1) is 0 Å². The minimum Gasteiger partial charge on any atom is -0.773 e. The summed E-state index contributed by atoms with van der Waals surface area (Å²) in [6.07, 6.45) is 1.08. The molecule has 37 valence electrons. The van der Waals surface area contributed by atoms with E-state index in [1.807, 2.05) is 0 Å². The summed E-state index contributed by atoms with van der Waals surface area (Å²) in [6.45, 7) is 0. The molecule has 0 fully saturated rings. The molecule has 0 heterocycles. The largest absolute Gasteiger partial charge is 0.773 e. The van der Waals surface area contributed by atoms with Crippen molar-refractivity contribution >= 4 is 11.1 Å². The smallest absolute Gasteiger partial charge is 0 e. The minimum atomic E-state index is -1.86. The molecule has 1 radical (unpaired) electrons. The Morgan fingerprint density at radius 3 is 1.67 bits per heavy atom. The Morgan fingerprint density at radius 2 is 1.67 bits per heavy atom. The van der Waals surface area contributed by atoms with Crippen molar-refractivity contribution in [1.82, 2.24) is 0 Å². The predicted octanol–water partition coefficient (Wildman–Crippen LogP) is -0.0569. The van der Waals surface area contributed by atoms with Crippen LogP contribution < -0.4 is 0 Å². The fraction of sp³-hybridized carbons (Fsp3) is 0.500. The third kappa shape index (κ3) is 62.8. The molecule has 0 bridgehead atoms. The number of hydrogen-bond acceptors (Lipinski definition) is 2. The summed E-state index contributed by atoms with van der Waals surface area (Å²) in [6, 6.07) is 0. The molecule has 1 atom stereocenters. The first-order valence-electron chi connectivity index (χ1n) is 0.742. The van der Waals surface area contributed by atoms with Gasteiger partial charge in [0.05, 0.1) is 0 Å². The van der Waals surface area contributed by atoms with Gasteiger partial charge in [-0.2, -0.15) is 0 Å². The third-order valence-electron chi connectivity index (χ3n) is 0. The fourth-order valence-electron chi connectivity index (χ4n) is 0. The van der Waals surface area contributed by atoms with Gasteiger partial charge in [-0.3, -0.25) is 4.21 Å². The van der Waals surface area contributed by atoms with E-state index in [0.717, 1.165) is 6.26 Å². The molecule has 0 aromatic rings. The van der Waals surface area contributed by atoms with Crippen LogP contribution >= 0.6 is 0 Å². The summed E-state index contributed by atoms with van der Waals surface area (Å²) in [4.78, 5) is 0. The molecular formula is C2H6O2SY-2. The van der Waals surface area contributed by atoms with Gasteiger partial charge in [0.1, 0.15) is 0 Å². The van der Waals surface area contributed by atoms with Crippen molar-refractivity contribution in [3.8, 4) is 0 Å². The van der Waals surface area contributed by atoms with Crippen molar-refractivity contribution in [1.29, 1.82) is 0 Å². The summed E-state index contributed by atoms with van der Waals surface area (Å²) < 4.78 is 18.0. The molecule has 0 aliphatic rings. The summed E-state index contributed by atoms with van der Waals surface area (Å²) in [5.74, 6) is 0. The molecule has 0 N–H and O–H groups in total. The van der Waals surface area contributed by atoms with E-state index >= 15 is 0 Å². The van der Waals surface area contributed by atoms with E-state index in [4.69, 9.17) is 8.76 Å². The Labute approximate surface area is 65.9 Å². The molecule has 0 spiro atoms. The zero-order chi connectivity index (χ0) is 3.58. The normalized spacial score (nSPS) is 10.3. The van der Waals surface area contributed by atoms with E-state index in [9.17, 15) is 0 Å². The Kier molecular flexibility index (Phi) is 24.9. The van der Waals surface area contributed by atoms with Gasteiger partial charge >= 0.3 is 0 Å². The molecule has 0 saturated heterocycles. The van der Waals surface area contributed by atoms with Crippen LogP contribution in [-0.4, -0.2) is 15.0 Å². The molecule has 0 aromatic heterocycles. The average Bonchev–Trinajstić information content (AvgIpc) is 0.811. The van der Waals surface area contributed by atoms with E-state index in [1.165, 1.54) is 0 Å². The molecule has 0 amide bonds. The van der Waals surface area contributed by atoms with E-state index in [2.05, 4.69) is 0 Å². The molecular weight excluding hydrogens is 177 g/mol. The standard InChI is InChI=1S/CH4O2S.CH3.Y/c1-4(2)3;;/h1H3,(H,2,3);1H3;/q;-1;/p-1. The second kappa shape index (κ2) is 9.51. The Morgan fingerprint density at radius 1 is 1.67 bits per heavy atom. The maximum atomic E-state index is 9.00. The maximum absolute atomic E-state index is 9.00. The van der Waals surface area contributed by atoms with Gasteiger partial charge in [-0.25, -0.2) is 0 Å². The first-order chi connectivity index (χ1) is 1.73. The molecule has 0 aromatic carbocycles. The summed E-state index contributed by atoms with van der Waals surface area (Å²) in [5.41, 5.74) is 0. The van der Waals surface area contributed by atoms with Gasteiger partial charge in [0.25, 0.3) is 0 Å². The van der Waals surface area contributed by atoms with Gasteiger partial charge in [-0.05, 0) is 6.26 Å². The maximum Gasteiger partial charge on any atom is 0 e. The summed E-state index contributed by atoms with van der Waals surface area (Å²) in [5, 5.41) is 0. The van der Waals surface area contributed by atoms with Crippen molar-refractivity contribution in [2.24, 2.45) is 0 Å². The zero-order valence-corrected chi connectivity index (χ0v) is 7.46. The van der Waals surface area contributed by atoms with Crippen molar-refractivity contribution in [2.75, 3.05) is 6.26 Å². The van der Waals surface area contributed by atoms with Crippen molar-refractivity contribution < 1.29 is 41.5 Å². The van der Waals surface area contributed by atoms with Crippen LogP contribution in [0.1, 0.15) is 0 Å². The van der Waals surface area contributed by atoms with Crippen LogP contribution in [0, 0.1) is 7.43 Å². The van der Waals surface area contributed by atoms with Crippen LogP contribution in [0.3, 0.4) is 0 Å². The second-order valence-electron chi connectivity index (χ2n) is 0.401. The van der Waals surface area contributed by atoms with E-state index in [1.54, 1.807) is 0 Å². The van der Waals surface area contributed by atoms with Gasteiger partial charge in [0.2, 0.25) is 0 Å². The van der Waals surface area contributed by atoms with E-state index in [-0.39, 0.29) is 40.1 Å². The Bertz CT molecular complexity index is 34.5. The third-order valence-corrected chi connectivity index (χ3v) is 0. The van der Waals surface area contributed by atoms with Gasteiger partial charge < -0.3 is 12.0 Å². The molecule has 0 saturated carbocycles. The monoisotopic (exact) mass is 183 g/mol. The van der Waals surface area contributed by atoms with Crippen LogP contribution in [0.4, 0.5) is 0 Å². The molecule has 6 heavy (non-hydrogen) atoms.